The second-order valence-electron chi connectivity index (χ2n) is 3.70. The molecule has 0 aliphatic heterocycles. The third kappa shape index (κ3) is 5.80. The van der Waals surface area contributed by atoms with E-state index in [-0.39, 0.29) is 0 Å². The minimum Gasteiger partial charge on any atom is -0.396 e. The highest BCUT2D eigenvalue weighted by Gasteiger charge is 1.89. The number of hydrogen-bond donors (Lipinski definition) is 1. The number of halogens is 1. The molecule has 0 amide bonds. The monoisotopic (exact) mass is 236 g/mol. The maximum Gasteiger partial charge on any atom is 0.0431 e. The van der Waals surface area contributed by atoms with Crippen molar-refractivity contribution in [2.75, 3.05) is 6.61 Å². The molecule has 0 aromatic heterocycles. The standard InChI is InChI=1S/C14H17ClO/c15-14-10-7-9-13(12-14)8-5-3-1-2-4-6-11-16/h7,9-10,12,16H,1-4,6,11H2. The Hall–Kier alpha value is -0.970. The van der Waals surface area contributed by atoms with Crippen molar-refractivity contribution in [1.29, 1.82) is 0 Å². The van der Waals surface area contributed by atoms with Gasteiger partial charge in [-0.15, -0.1) is 0 Å². The van der Waals surface area contributed by atoms with Crippen LogP contribution >= 0.6 is 11.6 Å². The molecule has 0 spiro atoms. The van der Waals surface area contributed by atoms with Crippen LogP contribution in [-0.2, 0) is 0 Å². The first-order chi connectivity index (χ1) is 7.83. The van der Waals surface area contributed by atoms with Gasteiger partial charge >= 0.3 is 0 Å². The van der Waals surface area contributed by atoms with E-state index >= 15 is 0 Å². The van der Waals surface area contributed by atoms with Crippen LogP contribution < -0.4 is 0 Å². The molecule has 1 aromatic rings. The molecule has 2 heteroatoms. The number of benzene rings is 1. The van der Waals surface area contributed by atoms with Gasteiger partial charge in [0.1, 0.15) is 0 Å². The van der Waals surface area contributed by atoms with Crippen LogP contribution in [0, 0.1) is 11.8 Å². The quantitative estimate of drug-likeness (QED) is 0.612. The van der Waals surface area contributed by atoms with Gasteiger partial charge in [-0.05, 0) is 31.0 Å². The van der Waals surface area contributed by atoms with Crippen molar-refractivity contribution < 1.29 is 5.11 Å². The molecule has 0 saturated carbocycles. The fourth-order valence-corrected chi connectivity index (χ4v) is 1.60. The molecule has 1 rings (SSSR count). The van der Waals surface area contributed by atoms with Crippen LogP contribution in [0.2, 0.25) is 5.02 Å². The summed E-state index contributed by atoms with van der Waals surface area (Å²) in [6.07, 6.45) is 5.16. The van der Waals surface area contributed by atoms with Gasteiger partial charge in [0.2, 0.25) is 0 Å². The Balaban J connectivity index is 2.22. The predicted molar refractivity (Wildman–Crippen MR) is 68.5 cm³/mol. The lowest BCUT2D eigenvalue weighted by Crippen LogP contribution is -1.82. The van der Waals surface area contributed by atoms with Crippen LogP contribution in [0.5, 0.6) is 0 Å². The summed E-state index contributed by atoms with van der Waals surface area (Å²) in [5.41, 5.74) is 0.975. The third-order valence-corrected chi connectivity index (χ3v) is 2.50. The predicted octanol–water partition coefficient (Wildman–Crippen LogP) is 3.63. The number of aliphatic hydroxyl groups excluding tert-OH is 1. The van der Waals surface area contributed by atoms with E-state index in [4.69, 9.17) is 16.7 Å². The van der Waals surface area contributed by atoms with Crippen LogP contribution in [0.1, 0.15) is 37.7 Å². The van der Waals surface area contributed by atoms with Gasteiger partial charge in [0, 0.05) is 23.6 Å². The first-order valence-electron chi connectivity index (χ1n) is 5.68. The van der Waals surface area contributed by atoms with Crippen molar-refractivity contribution in [1.82, 2.24) is 0 Å². The lowest BCUT2D eigenvalue weighted by molar-refractivity contribution is 0.282. The van der Waals surface area contributed by atoms with Crippen molar-refractivity contribution in [3.05, 3.63) is 34.9 Å². The molecular weight excluding hydrogens is 220 g/mol. The smallest absolute Gasteiger partial charge is 0.0431 e. The summed E-state index contributed by atoms with van der Waals surface area (Å²) in [6, 6.07) is 7.60. The summed E-state index contributed by atoms with van der Waals surface area (Å²) >= 11 is 5.85. The van der Waals surface area contributed by atoms with Crippen LogP contribution in [0.25, 0.3) is 0 Å². The molecular formula is C14H17ClO. The second-order valence-corrected chi connectivity index (χ2v) is 4.14. The van der Waals surface area contributed by atoms with Gasteiger partial charge in [0.05, 0.1) is 0 Å². The lowest BCUT2D eigenvalue weighted by Gasteiger charge is -1.94. The van der Waals surface area contributed by atoms with Gasteiger partial charge in [-0.1, -0.05) is 42.3 Å². The average molecular weight is 237 g/mol. The SMILES string of the molecule is OCCCCCCC#Cc1cccc(Cl)c1. The van der Waals surface area contributed by atoms with Gasteiger partial charge < -0.3 is 5.11 Å². The van der Waals surface area contributed by atoms with E-state index in [1.54, 1.807) is 0 Å². The number of hydrogen-bond acceptors (Lipinski definition) is 1. The Bertz CT molecular complexity index is 362. The largest absolute Gasteiger partial charge is 0.396 e. The minimum absolute atomic E-state index is 0.300. The molecule has 1 N–H and O–H groups in total. The van der Waals surface area contributed by atoms with Gasteiger partial charge in [-0.2, -0.15) is 0 Å². The fraction of sp³-hybridized carbons (Fsp3) is 0.429. The zero-order valence-corrected chi connectivity index (χ0v) is 10.1. The van der Waals surface area contributed by atoms with Crippen LogP contribution in [-0.4, -0.2) is 11.7 Å². The first kappa shape index (κ1) is 13.1. The number of unbranched alkanes of at least 4 members (excludes halogenated alkanes) is 4. The Morgan fingerprint density at radius 3 is 2.69 bits per heavy atom. The van der Waals surface area contributed by atoms with Gasteiger partial charge in [-0.3, -0.25) is 0 Å². The molecule has 0 aliphatic carbocycles. The zero-order chi connectivity index (χ0) is 11.6. The normalized spacial score (nSPS) is 9.62. The van der Waals surface area contributed by atoms with E-state index in [1.165, 1.54) is 0 Å². The maximum absolute atomic E-state index is 8.60. The molecule has 1 nitrogen and oxygen atoms in total. The zero-order valence-electron chi connectivity index (χ0n) is 9.38. The van der Waals surface area contributed by atoms with Crippen LogP contribution in [0.15, 0.2) is 24.3 Å². The van der Waals surface area contributed by atoms with Crippen molar-refractivity contribution in [2.45, 2.75) is 32.1 Å². The summed E-state index contributed by atoms with van der Waals surface area (Å²) in [6.45, 7) is 0.300. The average Bonchev–Trinajstić information content (AvgIpc) is 2.28. The number of aliphatic hydroxyl groups is 1. The summed E-state index contributed by atoms with van der Waals surface area (Å²) in [5, 5.41) is 9.33. The van der Waals surface area contributed by atoms with Crippen molar-refractivity contribution >= 4 is 11.6 Å². The lowest BCUT2D eigenvalue weighted by atomic mass is 10.1. The molecule has 0 fully saturated rings. The molecule has 0 unspecified atom stereocenters. The molecule has 16 heavy (non-hydrogen) atoms. The molecule has 0 aliphatic rings. The van der Waals surface area contributed by atoms with Gasteiger partial charge in [0.15, 0.2) is 0 Å². The van der Waals surface area contributed by atoms with E-state index in [0.717, 1.165) is 42.7 Å². The van der Waals surface area contributed by atoms with E-state index in [2.05, 4.69) is 11.8 Å². The van der Waals surface area contributed by atoms with E-state index in [1.807, 2.05) is 24.3 Å². The minimum atomic E-state index is 0.300. The van der Waals surface area contributed by atoms with E-state index in [9.17, 15) is 0 Å². The third-order valence-electron chi connectivity index (χ3n) is 2.27. The molecule has 0 radical (unpaired) electrons. The molecule has 0 bridgehead atoms. The summed E-state index contributed by atoms with van der Waals surface area (Å²) < 4.78 is 0. The van der Waals surface area contributed by atoms with Gasteiger partial charge in [0.25, 0.3) is 0 Å². The maximum atomic E-state index is 8.60. The van der Waals surface area contributed by atoms with Crippen LogP contribution in [0.3, 0.4) is 0 Å². The van der Waals surface area contributed by atoms with E-state index in [0.29, 0.717) is 6.61 Å². The summed E-state index contributed by atoms with van der Waals surface area (Å²) in [7, 11) is 0. The van der Waals surface area contributed by atoms with Gasteiger partial charge in [-0.25, -0.2) is 0 Å². The first-order valence-corrected chi connectivity index (χ1v) is 6.06. The Morgan fingerprint density at radius 2 is 1.94 bits per heavy atom. The summed E-state index contributed by atoms with van der Waals surface area (Å²) in [4.78, 5) is 0. The highest BCUT2D eigenvalue weighted by Crippen LogP contribution is 2.09. The van der Waals surface area contributed by atoms with E-state index < -0.39 is 0 Å². The molecule has 0 atom stereocenters. The molecule has 0 heterocycles. The topological polar surface area (TPSA) is 20.2 Å². The Labute approximate surface area is 102 Å². The Morgan fingerprint density at radius 1 is 1.12 bits per heavy atom. The van der Waals surface area contributed by atoms with Crippen molar-refractivity contribution in [2.24, 2.45) is 0 Å². The highest BCUT2D eigenvalue weighted by atomic mass is 35.5. The molecule has 0 saturated heterocycles. The fourth-order valence-electron chi connectivity index (χ4n) is 1.41. The molecule has 1 aromatic carbocycles. The highest BCUT2D eigenvalue weighted by molar-refractivity contribution is 6.30. The Kier molecular flexibility index (Phi) is 6.72. The van der Waals surface area contributed by atoms with Crippen molar-refractivity contribution in [3.8, 4) is 11.8 Å². The van der Waals surface area contributed by atoms with Crippen molar-refractivity contribution in [3.63, 3.8) is 0 Å². The number of rotatable bonds is 5. The second kappa shape index (κ2) is 8.21. The summed E-state index contributed by atoms with van der Waals surface area (Å²) in [5.74, 6) is 6.23. The molecule has 86 valence electrons. The van der Waals surface area contributed by atoms with Crippen LogP contribution in [0.4, 0.5) is 0 Å².